The summed E-state index contributed by atoms with van der Waals surface area (Å²) in [6, 6.07) is 0. The van der Waals surface area contributed by atoms with Crippen molar-refractivity contribution in [2.24, 2.45) is 0 Å². The van der Waals surface area contributed by atoms with Gasteiger partial charge in [0.25, 0.3) is 0 Å². The van der Waals surface area contributed by atoms with Gasteiger partial charge in [-0.1, -0.05) is 0 Å². The molecule has 0 spiro atoms. The molecule has 64 valence electrons. The van der Waals surface area contributed by atoms with E-state index < -0.39 is 18.9 Å². The van der Waals surface area contributed by atoms with Crippen LogP contribution in [0.25, 0.3) is 0 Å². The summed E-state index contributed by atoms with van der Waals surface area (Å²) < 4.78 is 48.1. The topological polar surface area (TPSA) is 121 Å². The molecule has 12 heteroatoms. The molecule has 12 heavy (non-hydrogen) atoms. The second kappa shape index (κ2) is 11.6. The standard InChI is InChI=1S/2Na.HO5S4.H2O/c;;1-8(2)6-7-9(3,4)5;/h;;(H,3,4,5);1H2/q2*+1;-1;/p-2. The molecular formula is HNa2O6S4-. The van der Waals surface area contributed by atoms with Crippen LogP contribution in [0.4, 0.5) is 0 Å². The third-order valence-corrected chi connectivity index (χ3v) is 6.00. The van der Waals surface area contributed by atoms with Crippen molar-refractivity contribution in [3.8, 4) is 0 Å². The SMILES string of the molecule is O=[S-](=O)SSS(=O)(=O)[O-].[Na+].[Na+].[OH-]. The summed E-state index contributed by atoms with van der Waals surface area (Å²) in [5.74, 6) is 0. The van der Waals surface area contributed by atoms with Gasteiger partial charge in [0.05, 0.1) is 0 Å². The summed E-state index contributed by atoms with van der Waals surface area (Å²) in [5, 5.41) is 0. The summed E-state index contributed by atoms with van der Waals surface area (Å²) in [6.07, 6.45) is 0. The molecule has 1 N–H and O–H groups in total. The van der Waals surface area contributed by atoms with Crippen molar-refractivity contribution in [3.63, 3.8) is 0 Å². The Morgan fingerprint density at radius 2 is 1.50 bits per heavy atom. The summed E-state index contributed by atoms with van der Waals surface area (Å²) >= 11 is 0. The van der Waals surface area contributed by atoms with Gasteiger partial charge in [0.15, 0.2) is 9.15 Å². The van der Waals surface area contributed by atoms with Gasteiger partial charge in [0.2, 0.25) is 0 Å². The van der Waals surface area contributed by atoms with Crippen molar-refractivity contribution in [1.29, 1.82) is 0 Å². The first-order chi connectivity index (χ1) is 3.92. The van der Waals surface area contributed by atoms with E-state index in [9.17, 15) is 21.4 Å². The molecule has 0 aromatic rings. The van der Waals surface area contributed by atoms with Gasteiger partial charge in [-0.2, -0.15) is 0 Å². The Hall–Kier alpha value is 2.52. The third kappa shape index (κ3) is 22.9. The van der Waals surface area contributed by atoms with Gasteiger partial charge in [-0.25, -0.2) is 8.42 Å². The fourth-order valence-corrected chi connectivity index (χ4v) is 4.59. The van der Waals surface area contributed by atoms with E-state index in [-0.39, 0.29) is 84.2 Å². The van der Waals surface area contributed by atoms with Crippen LogP contribution in [0.2, 0.25) is 0 Å². The fraction of sp³-hybridized carbons (Fsp3) is 0. The summed E-state index contributed by atoms with van der Waals surface area (Å²) in [4.78, 5) is 0. The average molecular weight is 271 g/mol. The Balaban J connectivity index is -0.000000107. The van der Waals surface area contributed by atoms with Crippen molar-refractivity contribution in [2.45, 2.75) is 0 Å². The maximum atomic E-state index is 9.65. The normalized spacial score (nSPS) is 9.17. The zero-order chi connectivity index (χ0) is 7.49. The molecule has 0 bridgehead atoms. The van der Waals surface area contributed by atoms with E-state index in [2.05, 4.69) is 0 Å². The fourth-order valence-electron chi connectivity index (χ4n) is 0.0567. The minimum atomic E-state index is -4.48. The van der Waals surface area contributed by atoms with Crippen molar-refractivity contribution in [1.82, 2.24) is 0 Å². The maximum absolute atomic E-state index is 9.65. The largest absolute Gasteiger partial charge is 1.00 e. The van der Waals surface area contributed by atoms with Crippen LogP contribution in [0.3, 0.4) is 0 Å². The average Bonchev–Trinajstić information content (AvgIpc) is 1.59. The van der Waals surface area contributed by atoms with E-state index in [1.807, 2.05) is 0 Å². The third-order valence-electron chi connectivity index (χ3n) is 0.167. The molecule has 6 nitrogen and oxygen atoms in total. The molecule has 0 rings (SSSR count). The van der Waals surface area contributed by atoms with Crippen LogP contribution in [0.15, 0.2) is 0 Å². The second-order valence-corrected chi connectivity index (χ2v) is 7.55. The predicted octanol–water partition coefficient (Wildman–Crippen LogP) is -6.12. The molecule has 0 unspecified atom stereocenters. The first-order valence-electron chi connectivity index (χ1n) is 1.33. The smallest absolute Gasteiger partial charge is 0.870 e. The minimum Gasteiger partial charge on any atom is -0.870 e. The molecule has 0 atom stereocenters. The van der Waals surface area contributed by atoms with Gasteiger partial charge in [-0.05, 0) is 9.74 Å². The first kappa shape index (κ1) is 24.0. The maximum Gasteiger partial charge on any atom is 1.00 e. The van der Waals surface area contributed by atoms with Crippen LogP contribution in [0, 0.1) is 0 Å². The Morgan fingerprint density at radius 3 is 1.58 bits per heavy atom. The van der Waals surface area contributed by atoms with Crippen LogP contribution >= 0.6 is 19.7 Å². The molecule has 0 aliphatic carbocycles. The Kier molecular flexibility index (Phi) is 23.2. The molecule has 0 radical (unpaired) electrons. The van der Waals surface area contributed by atoms with Gasteiger partial charge < -0.3 is 18.4 Å². The van der Waals surface area contributed by atoms with Crippen LogP contribution in [-0.2, 0) is 27.3 Å². The molecule has 0 aliphatic rings. The molecule has 0 heterocycles. The minimum absolute atomic E-state index is 0. The van der Waals surface area contributed by atoms with Crippen LogP contribution in [0.5, 0.6) is 0 Å². The second-order valence-electron chi connectivity index (χ2n) is 0.748. The van der Waals surface area contributed by atoms with Crippen LogP contribution < -0.4 is 59.1 Å². The van der Waals surface area contributed by atoms with Gasteiger partial charge in [-0.15, -0.1) is 9.83 Å². The summed E-state index contributed by atoms with van der Waals surface area (Å²) in [6.45, 7) is 0. The van der Waals surface area contributed by atoms with E-state index in [1.165, 1.54) is 0 Å². The zero-order valence-corrected chi connectivity index (χ0v) is 13.4. The van der Waals surface area contributed by atoms with E-state index in [0.717, 1.165) is 0 Å². The quantitative estimate of drug-likeness (QED) is 0.215. The molecule has 0 aromatic carbocycles. The molecular weight excluding hydrogens is 270 g/mol. The van der Waals surface area contributed by atoms with E-state index in [0.29, 0.717) is 0 Å². The molecule has 0 fully saturated rings. The number of hydrogen-bond acceptors (Lipinski definition) is 9. The zero-order valence-electron chi connectivity index (χ0n) is 6.12. The van der Waals surface area contributed by atoms with Gasteiger partial charge in [0, 0.05) is 9.83 Å². The molecule has 0 aromatic heterocycles. The van der Waals surface area contributed by atoms with Crippen molar-refractivity contribution in [3.05, 3.63) is 0 Å². The molecule has 0 saturated carbocycles. The van der Waals surface area contributed by atoms with Gasteiger partial charge in [0.1, 0.15) is 0 Å². The van der Waals surface area contributed by atoms with Crippen molar-refractivity contribution >= 4 is 38.5 Å². The first-order valence-corrected chi connectivity index (χ1v) is 7.00. The van der Waals surface area contributed by atoms with E-state index in [1.54, 1.807) is 0 Å². The Labute approximate surface area is 122 Å². The van der Waals surface area contributed by atoms with Gasteiger partial charge in [-0.3, -0.25) is 0 Å². The van der Waals surface area contributed by atoms with E-state index in [4.69, 9.17) is 0 Å². The van der Waals surface area contributed by atoms with Crippen molar-refractivity contribution < 1.29 is 86.0 Å². The van der Waals surface area contributed by atoms with Crippen molar-refractivity contribution in [2.75, 3.05) is 0 Å². The summed E-state index contributed by atoms with van der Waals surface area (Å²) in [5.41, 5.74) is 0. The monoisotopic (exact) mass is 271 g/mol. The van der Waals surface area contributed by atoms with Crippen LogP contribution in [0.1, 0.15) is 0 Å². The Bertz CT molecular complexity index is 230. The predicted molar refractivity (Wildman–Crippen MR) is 35.6 cm³/mol. The Morgan fingerprint density at radius 1 is 1.17 bits per heavy atom. The number of rotatable bonds is 3. The molecule has 0 amide bonds. The van der Waals surface area contributed by atoms with E-state index >= 15 is 0 Å². The van der Waals surface area contributed by atoms with Gasteiger partial charge >= 0.3 is 59.1 Å². The number of hydrogen-bond donors (Lipinski definition) is 0. The summed E-state index contributed by atoms with van der Waals surface area (Å²) in [7, 11) is -7.31. The molecule has 0 aliphatic heterocycles. The van der Waals surface area contributed by atoms with Crippen LogP contribution in [-0.4, -0.2) is 18.4 Å². The molecule has 0 saturated heterocycles.